The number of rotatable bonds is 3. The van der Waals surface area contributed by atoms with Gasteiger partial charge in [-0.2, -0.15) is 0 Å². The van der Waals surface area contributed by atoms with E-state index in [1.54, 1.807) is 0 Å². The second kappa shape index (κ2) is 5.38. The summed E-state index contributed by atoms with van der Waals surface area (Å²) in [6, 6.07) is 6.76. The third kappa shape index (κ3) is 2.42. The van der Waals surface area contributed by atoms with Crippen molar-refractivity contribution < 1.29 is 0 Å². The highest BCUT2D eigenvalue weighted by atomic mass is 14.9. The van der Waals surface area contributed by atoms with Crippen molar-refractivity contribution in [1.29, 1.82) is 0 Å². The lowest BCUT2D eigenvalue weighted by Gasteiger charge is -2.22. The van der Waals surface area contributed by atoms with Crippen LogP contribution in [0.2, 0.25) is 0 Å². The first-order valence-electron chi connectivity index (χ1n) is 7.56. The molecule has 1 aromatic heterocycles. The Morgan fingerprint density at radius 2 is 2.21 bits per heavy atom. The minimum Gasteiger partial charge on any atom is -0.350 e. The van der Waals surface area contributed by atoms with Crippen molar-refractivity contribution in [3.05, 3.63) is 35.5 Å². The monoisotopic (exact) mass is 256 g/mol. The van der Waals surface area contributed by atoms with E-state index in [0.717, 1.165) is 12.3 Å². The van der Waals surface area contributed by atoms with Crippen LogP contribution in [0.4, 0.5) is 0 Å². The SMILES string of the molecule is CCc1cccc2c(CC3CCCNC3)cn(C)c12. The zero-order valence-corrected chi connectivity index (χ0v) is 12.1. The van der Waals surface area contributed by atoms with Gasteiger partial charge in [0.15, 0.2) is 0 Å². The lowest BCUT2D eigenvalue weighted by molar-refractivity contribution is 0.376. The molecule has 2 heteroatoms. The molecule has 2 aromatic rings. The number of aryl methyl sites for hydroxylation is 2. The smallest absolute Gasteiger partial charge is 0.0512 e. The summed E-state index contributed by atoms with van der Waals surface area (Å²) < 4.78 is 2.32. The van der Waals surface area contributed by atoms with Gasteiger partial charge in [0.2, 0.25) is 0 Å². The van der Waals surface area contributed by atoms with Gasteiger partial charge in [0.1, 0.15) is 0 Å². The Hall–Kier alpha value is -1.28. The van der Waals surface area contributed by atoms with Crippen molar-refractivity contribution in [2.24, 2.45) is 13.0 Å². The number of hydrogen-bond acceptors (Lipinski definition) is 1. The largest absolute Gasteiger partial charge is 0.350 e. The van der Waals surface area contributed by atoms with E-state index in [-0.39, 0.29) is 0 Å². The standard InChI is InChI=1S/C17H24N2/c1-3-14-7-4-8-16-15(12-19(2)17(14)16)10-13-6-5-9-18-11-13/h4,7-8,12-13,18H,3,5-6,9-11H2,1-2H3. The fourth-order valence-electron chi connectivity index (χ4n) is 3.49. The van der Waals surface area contributed by atoms with Gasteiger partial charge in [0.25, 0.3) is 0 Å². The highest BCUT2D eigenvalue weighted by Gasteiger charge is 2.17. The molecule has 0 aliphatic carbocycles. The van der Waals surface area contributed by atoms with E-state index in [1.807, 2.05) is 0 Å². The van der Waals surface area contributed by atoms with Crippen LogP contribution in [0.3, 0.4) is 0 Å². The topological polar surface area (TPSA) is 17.0 Å². The first-order chi connectivity index (χ1) is 9.29. The summed E-state index contributed by atoms with van der Waals surface area (Å²) in [7, 11) is 2.18. The van der Waals surface area contributed by atoms with Gasteiger partial charge in [-0.25, -0.2) is 0 Å². The number of aromatic nitrogens is 1. The molecule has 1 N–H and O–H groups in total. The summed E-state index contributed by atoms with van der Waals surface area (Å²) in [4.78, 5) is 0. The van der Waals surface area contributed by atoms with Crippen LogP contribution >= 0.6 is 0 Å². The summed E-state index contributed by atoms with van der Waals surface area (Å²) in [6.45, 7) is 4.63. The Morgan fingerprint density at radius 1 is 1.32 bits per heavy atom. The number of hydrogen-bond donors (Lipinski definition) is 1. The lowest BCUT2D eigenvalue weighted by Crippen LogP contribution is -2.30. The zero-order chi connectivity index (χ0) is 13.2. The molecule has 0 amide bonds. The second-order valence-corrected chi connectivity index (χ2v) is 5.85. The van der Waals surface area contributed by atoms with E-state index in [4.69, 9.17) is 0 Å². The maximum atomic E-state index is 3.53. The highest BCUT2D eigenvalue weighted by molar-refractivity contribution is 5.86. The number of nitrogens with zero attached hydrogens (tertiary/aromatic N) is 1. The maximum absolute atomic E-state index is 3.53. The molecule has 1 saturated heterocycles. The van der Waals surface area contributed by atoms with Crippen molar-refractivity contribution in [3.8, 4) is 0 Å². The van der Waals surface area contributed by atoms with Crippen LogP contribution in [-0.4, -0.2) is 17.7 Å². The molecule has 102 valence electrons. The van der Waals surface area contributed by atoms with Crippen molar-refractivity contribution in [2.45, 2.75) is 32.6 Å². The number of piperidine rings is 1. The quantitative estimate of drug-likeness (QED) is 0.891. The van der Waals surface area contributed by atoms with Gasteiger partial charge >= 0.3 is 0 Å². The number of benzene rings is 1. The van der Waals surface area contributed by atoms with Crippen molar-refractivity contribution in [1.82, 2.24) is 9.88 Å². The predicted octanol–water partition coefficient (Wildman–Crippen LogP) is 3.28. The van der Waals surface area contributed by atoms with Gasteiger partial charge in [-0.05, 0) is 55.8 Å². The minimum absolute atomic E-state index is 0.810. The molecule has 3 rings (SSSR count). The number of fused-ring (bicyclic) bond motifs is 1. The number of nitrogens with one attached hydrogen (secondary N) is 1. The lowest BCUT2D eigenvalue weighted by atomic mass is 9.92. The van der Waals surface area contributed by atoms with E-state index in [0.29, 0.717) is 0 Å². The molecule has 19 heavy (non-hydrogen) atoms. The number of para-hydroxylation sites is 1. The third-order valence-electron chi connectivity index (χ3n) is 4.46. The second-order valence-electron chi connectivity index (χ2n) is 5.85. The van der Waals surface area contributed by atoms with Crippen molar-refractivity contribution >= 4 is 10.9 Å². The molecule has 1 aromatic carbocycles. The third-order valence-corrected chi connectivity index (χ3v) is 4.46. The van der Waals surface area contributed by atoms with Crippen LogP contribution in [0, 0.1) is 5.92 Å². The average molecular weight is 256 g/mol. The van der Waals surface area contributed by atoms with Crippen LogP contribution in [0.15, 0.2) is 24.4 Å². The molecule has 2 nitrogen and oxygen atoms in total. The molecular formula is C17H24N2. The average Bonchev–Trinajstić information content (AvgIpc) is 2.77. The van der Waals surface area contributed by atoms with Gasteiger partial charge in [0, 0.05) is 18.6 Å². The zero-order valence-electron chi connectivity index (χ0n) is 12.1. The highest BCUT2D eigenvalue weighted by Crippen LogP contribution is 2.27. The molecular weight excluding hydrogens is 232 g/mol. The van der Waals surface area contributed by atoms with E-state index in [2.05, 4.69) is 48.3 Å². The van der Waals surface area contributed by atoms with Gasteiger partial charge < -0.3 is 9.88 Å². The van der Waals surface area contributed by atoms with Crippen molar-refractivity contribution in [2.75, 3.05) is 13.1 Å². The molecule has 0 bridgehead atoms. The molecule has 1 fully saturated rings. The summed E-state index contributed by atoms with van der Waals surface area (Å²) in [5, 5.41) is 4.99. The van der Waals surface area contributed by atoms with Crippen LogP contribution in [0.5, 0.6) is 0 Å². The molecule has 1 aliphatic heterocycles. The summed E-state index contributed by atoms with van der Waals surface area (Å²) in [5.41, 5.74) is 4.43. The summed E-state index contributed by atoms with van der Waals surface area (Å²) >= 11 is 0. The maximum Gasteiger partial charge on any atom is 0.0512 e. The minimum atomic E-state index is 0.810. The van der Waals surface area contributed by atoms with Crippen LogP contribution in [0.25, 0.3) is 10.9 Å². The van der Waals surface area contributed by atoms with Crippen LogP contribution in [0.1, 0.15) is 30.9 Å². The van der Waals surface area contributed by atoms with E-state index >= 15 is 0 Å². The van der Waals surface area contributed by atoms with E-state index in [1.165, 1.54) is 54.4 Å². The molecule has 1 unspecified atom stereocenters. The van der Waals surface area contributed by atoms with Gasteiger partial charge in [-0.1, -0.05) is 25.1 Å². The normalized spacial score (nSPS) is 20.0. The Balaban J connectivity index is 1.95. The molecule has 0 saturated carbocycles. The summed E-state index contributed by atoms with van der Waals surface area (Å²) in [5.74, 6) is 0.810. The van der Waals surface area contributed by atoms with E-state index in [9.17, 15) is 0 Å². The Labute approximate surface area is 115 Å². The van der Waals surface area contributed by atoms with Gasteiger partial charge in [-0.3, -0.25) is 0 Å². The molecule has 2 heterocycles. The van der Waals surface area contributed by atoms with Crippen LogP contribution < -0.4 is 5.32 Å². The fraction of sp³-hybridized carbons (Fsp3) is 0.529. The summed E-state index contributed by atoms with van der Waals surface area (Å²) in [6.07, 6.45) is 7.38. The fourth-order valence-corrected chi connectivity index (χ4v) is 3.49. The van der Waals surface area contributed by atoms with E-state index < -0.39 is 0 Å². The molecule has 1 atom stereocenters. The van der Waals surface area contributed by atoms with Crippen LogP contribution in [-0.2, 0) is 19.9 Å². The van der Waals surface area contributed by atoms with Crippen molar-refractivity contribution in [3.63, 3.8) is 0 Å². The molecule has 1 aliphatic rings. The Bertz CT molecular complexity index is 562. The van der Waals surface area contributed by atoms with Gasteiger partial charge in [-0.15, -0.1) is 0 Å². The molecule has 0 spiro atoms. The Morgan fingerprint density at radius 3 is 2.95 bits per heavy atom. The molecule has 0 radical (unpaired) electrons. The van der Waals surface area contributed by atoms with Gasteiger partial charge in [0.05, 0.1) is 5.52 Å². The first-order valence-corrected chi connectivity index (χ1v) is 7.56. The first kappa shape index (κ1) is 12.7. The predicted molar refractivity (Wildman–Crippen MR) is 81.6 cm³/mol. The Kier molecular flexibility index (Phi) is 3.61.